The Hall–Kier alpha value is -2.96. The molecule has 2 aromatic carbocycles. The predicted octanol–water partition coefficient (Wildman–Crippen LogP) is 1.97. The Bertz CT molecular complexity index is 742. The van der Waals surface area contributed by atoms with Crippen LogP contribution in [0.2, 0.25) is 0 Å². The lowest BCUT2D eigenvalue weighted by atomic mass is 10.0. The first-order valence-electron chi connectivity index (χ1n) is 7.59. The highest BCUT2D eigenvalue weighted by Crippen LogP contribution is 2.22. The molecule has 0 radical (unpaired) electrons. The molecule has 132 valence electrons. The maximum atomic E-state index is 13.7. The molecule has 1 atom stereocenters. The molecule has 0 saturated heterocycles. The van der Waals surface area contributed by atoms with E-state index in [9.17, 15) is 23.5 Å². The van der Waals surface area contributed by atoms with Gasteiger partial charge in [-0.1, -0.05) is 18.2 Å². The Balaban J connectivity index is 2.25. The smallest absolute Gasteiger partial charge is 0.257 e. The van der Waals surface area contributed by atoms with E-state index in [0.29, 0.717) is 17.9 Å². The first kappa shape index (κ1) is 18.4. The van der Waals surface area contributed by atoms with Gasteiger partial charge in [-0.2, -0.15) is 0 Å². The monoisotopic (exact) mass is 348 g/mol. The summed E-state index contributed by atoms with van der Waals surface area (Å²) in [6, 6.07) is 8.37. The molecule has 7 heteroatoms. The van der Waals surface area contributed by atoms with Gasteiger partial charge in [0.1, 0.15) is 22.9 Å². The summed E-state index contributed by atoms with van der Waals surface area (Å²) in [4.78, 5) is 23.2. The van der Waals surface area contributed by atoms with Crippen LogP contribution in [0.3, 0.4) is 0 Å². The van der Waals surface area contributed by atoms with Gasteiger partial charge in [-0.25, -0.2) is 8.78 Å². The molecule has 0 aliphatic rings. The minimum atomic E-state index is -1.41. The topological polar surface area (TPSA) is 78.5 Å². The molecule has 0 unspecified atom stereocenters. The van der Waals surface area contributed by atoms with Gasteiger partial charge < -0.3 is 20.0 Å². The van der Waals surface area contributed by atoms with E-state index in [1.165, 1.54) is 0 Å². The van der Waals surface area contributed by atoms with Crippen molar-refractivity contribution >= 4 is 11.9 Å². The number of carboxylic acids is 1. The summed E-state index contributed by atoms with van der Waals surface area (Å²) in [5.74, 6) is -3.94. The number of ether oxygens (including phenoxy) is 1. The minimum Gasteiger partial charge on any atom is -0.550 e. The van der Waals surface area contributed by atoms with Crippen LogP contribution >= 0.6 is 0 Å². The molecule has 2 rings (SSSR count). The molecule has 0 bridgehead atoms. The number of carbonyl (C=O) groups is 2. The van der Waals surface area contributed by atoms with Gasteiger partial charge in [0.15, 0.2) is 0 Å². The highest BCUT2D eigenvalue weighted by Gasteiger charge is 2.21. The van der Waals surface area contributed by atoms with Crippen molar-refractivity contribution in [2.75, 3.05) is 6.61 Å². The third kappa shape index (κ3) is 4.76. The first-order chi connectivity index (χ1) is 11.9. The van der Waals surface area contributed by atoms with Gasteiger partial charge in [-0.3, -0.25) is 4.79 Å². The van der Waals surface area contributed by atoms with E-state index < -0.39 is 41.5 Å². The van der Waals surface area contributed by atoms with Gasteiger partial charge in [-0.15, -0.1) is 0 Å². The Kier molecular flexibility index (Phi) is 6.05. The number of halogens is 2. The fourth-order valence-corrected chi connectivity index (χ4v) is 2.33. The third-order valence-electron chi connectivity index (χ3n) is 3.46. The van der Waals surface area contributed by atoms with E-state index in [-0.39, 0.29) is 0 Å². The average Bonchev–Trinajstić information content (AvgIpc) is 2.54. The lowest BCUT2D eigenvalue weighted by Crippen LogP contribution is -2.35. The maximum absolute atomic E-state index is 13.7. The number of benzene rings is 2. The quantitative estimate of drug-likeness (QED) is 0.830. The summed E-state index contributed by atoms with van der Waals surface area (Å²) in [6.07, 6.45) is -0.546. The summed E-state index contributed by atoms with van der Waals surface area (Å²) in [7, 11) is 0. The highest BCUT2D eigenvalue weighted by molar-refractivity contribution is 5.95. The fraction of sp³-hybridized carbons (Fsp3) is 0.222. The number of nitrogens with one attached hydrogen (secondary N) is 1. The molecule has 0 aliphatic carbocycles. The second-order valence-electron chi connectivity index (χ2n) is 5.20. The summed E-state index contributed by atoms with van der Waals surface area (Å²) >= 11 is 0. The van der Waals surface area contributed by atoms with Crippen molar-refractivity contribution in [3.05, 3.63) is 65.2 Å². The van der Waals surface area contributed by atoms with Crippen molar-refractivity contribution in [2.24, 2.45) is 0 Å². The summed E-state index contributed by atoms with van der Waals surface area (Å²) in [6.45, 7) is 2.28. The van der Waals surface area contributed by atoms with Crippen molar-refractivity contribution in [2.45, 2.75) is 19.4 Å². The Labute approximate surface area is 143 Å². The van der Waals surface area contributed by atoms with Gasteiger partial charge in [0.2, 0.25) is 0 Å². The van der Waals surface area contributed by atoms with Crippen LogP contribution in [0.25, 0.3) is 0 Å². The van der Waals surface area contributed by atoms with Crippen LogP contribution in [0.5, 0.6) is 5.75 Å². The molecule has 0 fully saturated rings. The number of amides is 1. The van der Waals surface area contributed by atoms with Gasteiger partial charge in [0, 0.05) is 12.4 Å². The van der Waals surface area contributed by atoms with Gasteiger partial charge >= 0.3 is 0 Å². The molecule has 1 N–H and O–H groups in total. The van der Waals surface area contributed by atoms with Crippen molar-refractivity contribution in [3.8, 4) is 5.75 Å². The fourth-order valence-electron chi connectivity index (χ4n) is 2.33. The predicted molar refractivity (Wildman–Crippen MR) is 83.8 cm³/mol. The van der Waals surface area contributed by atoms with E-state index in [0.717, 1.165) is 18.2 Å². The molecule has 0 heterocycles. The molecule has 0 aliphatic heterocycles. The second-order valence-corrected chi connectivity index (χ2v) is 5.20. The van der Waals surface area contributed by atoms with Crippen LogP contribution < -0.4 is 15.2 Å². The number of hydrogen-bond acceptors (Lipinski definition) is 4. The lowest BCUT2D eigenvalue weighted by molar-refractivity contribution is -0.306. The zero-order valence-corrected chi connectivity index (χ0v) is 13.4. The minimum absolute atomic E-state index is 0.442. The van der Waals surface area contributed by atoms with Crippen molar-refractivity contribution in [3.63, 3.8) is 0 Å². The van der Waals surface area contributed by atoms with E-state index >= 15 is 0 Å². The standard InChI is InChI=1S/C18H17F2NO4/c1-2-25-12-8-6-11(7-9-12)15(10-16(22)23)21-18(24)17-13(19)4-3-5-14(17)20/h3-9,15H,2,10H2,1H3,(H,21,24)(H,22,23)/p-1/t15-/m0/s1. The van der Waals surface area contributed by atoms with Crippen molar-refractivity contribution in [1.82, 2.24) is 5.32 Å². The van der Waals surface area contributed by atoms with E-state index in [2.05, 4.69) is 5.32 Å². The zero-order valence-electron chi connectivity index (χ0n) is 13.4. The first-order valence-corrected chi connectivity index (χ1v) is 7.59. The number of aliphatic carboxylic acids is 1. The van der Waals surface area contributed by atoms with Gasteiger partial charge in [0.05, 0.1) is 12.6 Å². The van der Waals surface area contributed by atoms with E-state index in [1.807, 2.05) is 6.92 Å². The molecule has 0 saturated carbocycles. The largest absolute Gasteiger partial charge is 0.550 e. The van der Waals surface area contributed by atoms with Crippen LogP contribution in [0.1, 0.15) is 35.3 Å². The Morgan fingerprint density at radius 1 is 1.12 bits per heavy atom. The number of rotatable bonds is 7. The van der Waals surface area contributed by atoms with Crippen LogP contribution in [-0.2, 0) is 4.79 Å². The number of carbonyl (C=O) groups excluding carboxylic acids is 2. The molecule has 25 heavy (non-hydrogen) atoms. The number of carboxylic acid groups (broad SMARTS) is 1. The molecule has 1 amide bonds. The van der Waals surface area contributed by atoms with Crippen molar-refractivity contribution < 1.29 is 28.2 Å². The third-order valence-corrected chi connectivity index (χ3v) is 3.46. The summed E-state index contributed by atoms with van der Waals surface area (Å²) in [5.41, 5.74) is -0.325. The van der Waals surface area contributed by atoms with Gasteiger partial charge in [-0.05, 0) is 36.8 Å². The SMILES string of the molecule is CCOc1ccc([C@H](CC(=O)[O-])NC(=O)c2c(F)cccc2F)cc1. The summed E-state index contributed by atoms with van der Waals surface area (Å²) < 4.78 is 32.7. The Morgan fingerprint density at radius 2 is 1.72 bits per heavy atom. The molecule has 2 aromatic rings. The van der Waals surface area contributed by atoms with Crippen LogP contribution in [-0.4, -0.2) is 18.5 Å². The average molecular weight is 348 g/mol. The van der Waals surface area contributed by atoms with Crippen LogP contribution in [0, 0.1) is 11.6 Å². The highest BCUT2D eigenvalue weighted by atomic mass is 19.1. The van der Waals surface area contributed by atoms with Crippen molar-refractivity contribution in [1.29, 1.82) is 0 Å². The molecule has 5 nitrogen and oxygen atoms in total. The Morgan fingerprint density at radius 3 is 2.24 bits per heavy atom. The number of hydrogen-bond donors (Lipinski definition) is 1. The summed E-state index contributed by atoms with van der Waals surface area (Å²) in [5, 5.41) is 13.3. The molecule has 0 spiro atoms. The van der Waals surface area contributed by atoms with Crippen LogP contribution in [0.15, 0.2) is 42.5 Å². The molecular weight excluding hydrogens is 332 g/mol. The molecular formula is C18H16F2NO4-. The zero-order chi connectivity index (χ0) is 18.4. The van der Waals surface area contributed by atoms with E-state index in [1.54, 1.807) is 24.3 Å². The van der Waals surface area contributed by atoms with E-state index in [4.69, 9.17) is 4.74 Å². The van der Waals surface area contributed by atoms with Gasteiger partial charge in [0.25, 0.3) is 5.91 Å². The molecule has 0 aromatic heterocycles. The van der Waals surface area contributed by atoms with Crippen LogP contribution in [0.4, 0.5) is 8.78 Å². The normalized spacial score (nSPS) is 11.6. The second kappa shape index (κ2) is 8.23. The maximum Gasteiger partial charge on any atom is 0.257 e. The lowest BCUT2D eigenvalue weighted by Gasteiger charge is -2.20.